The van der Waals surface area contributed by atoms with Crippen LogP contribution in [0.2, 0.25) is 0 Å². The van der Waals surface area contributed by atoms with Gasteiger partial charge < -0.3 is 14.8 Å². The quantitative estimate of drug-likeness (QED) is 0.584. The average Bonchev–Trinajstić information content (AvgIpc) is 3.03. The zero-order valence-electron chi connectivity index (χ0n) is 15.1. The summed E-state index contributed by atoms with van der Waals surface area (Å²) in [7, 11) is 3.24. The molecule has 0 spiro atoms. The molecule has 8 heteroatoms. The number of hydrogen-bond donors (Lipinski definition) is 1. The molecule has 0 unspecified atom stereocenters. The van der Waals surface area contributed by atoms with Crippen molar-refractivity contribution in [3.63, 3.8) is 0 Å². The molecule has 1 N–H and O–H groups in total. The van der Waals surface area contributed by atoms with Crippen LogP contribution >= 0.6 is 23.1 Å². The molecule has 0 radical (unpaired) electrons. The molecular weight excluding hydrogens is 368 g/mol. The van der Waals surface area contributed by atoms with Crippen molar-refractivity contribution in [1.82, 2.24) is 15.0 Å². The van der Waals surface area contributed by atoms with Crippen LogP contribution in [0.25, 0.3) is 10.6 Å². The van der Waals surface area contributed by atoms with E-state index in [0.29, 0.717) is 11.7 Å². The fraction of sp³-hybridized carbons (Fsp3) is 0.278. The van der Waals surface area contributed by atoms with Crippen molar-refractivity contribution in [2.45, 2.75) is 18.2 Å². The number of thiazole rings is 1. The molecule has 136 valence electrons. The van der Waals surface area contributed by atoms with Gasteiger partial charge in [0.15, 0.2) is 4.34 Å². The third-order valence-electron chi connectivity index (χ3n) is 3.59. The lowest BCUT2D eigenvalue weighted by molar-refractivity contribution is 0.395. The Morgan fingerprint density at radius 3 is 2.73 bits per heavy atom. The van der Waals surface area contributed by atoms with Crippen LogP contribution in [0, 0.1) is 6.92 Å². The van der Waals surface area contributed by atoms with Gasteiger partial charge >= 0.3 is 0 Å². The summed E-state index contributed by atoms with van der Waals surface area (Å²) < 4.78 is 11.7. The summed E-state index contributed by atoms with van der Waals surface area (Å²) in [6, 6.07) is 7.45. The summed E-state index contributed by atoms with van der Waals surface area (Å²) in [5.41, 5.74) is 2.61. The van der Waals surface area contributed by atoms with Crippen LogP contribution in [0.3, 0.4) is 0 Å². The maximum atomic E-state index is 5.42. The number of anilines is 2. The molecule has 1 aromatic carbocycles. The number of ether oxygens (including phenoxy) is 2. The van der Waals surface area contributed by atoms with Gasteiger partial charge in [-0.05, 0) is 30.9 Å². The van der Waals surface area contributed by atoms with Gasteiger partial charge in [-0.2, -0.15) is 0 Å². The highest BCUT2D eigenvalue weighted by atomic mass is 32.2. The molecule has 0 saturated heterocycles. The second-order valence-electron chi connectivity index (χ2n) is 5.28. The van der Waals surface area contributed by atoms with Crippen LogP contribution in [0.5, 0.6) is 11.5 Å². The highest BCUT2D eigenvalue weighted by molar-refractivity contribution is 8.01. The van der Waals surface area contributed by atoms with Crippen molar-refractivity contribution in [2.75, 3.05) is 25.3 Å². The molecule has 2 heterocycles. The maximum Gasteiger partial charge on any atom is 0.227 e. The first-order chi connectivity index (χ1) is 12.6. The number of nitrogens with one attached hydrogen (secondary N) is 1. The van der Waals surface area contributed by atoms with E-state index in [0.717, 1.165) is 37.8 Å². The minimum atomic E-state index is 0.503. The Hall–Kier alpha value is -2.32. The van der Waals surface area contributed by atoms with Crippen molar-refractivity contribution in [1.29, 1.82) is 0 Å². The molecule has 0 amide bonds. The number of aryl methyl sites for hydroxylation is 1. The van der Waals surface area contributed by atoms with Crippen molar-refractivity contribution in [3.05, 3.63) is 36.2 Å². The van der Waals surface area contributed by atoms with Crippen LogP contribution in [0.1, 0.15) is 12.6 Å². The summed E-state index contributed by atoms with van der Waals surface area (Å²) in [6.07, 6.45) is 1.74. The van der Waals surface area contributed by atoms with Gasteiger partial charge in [-0.1, -0.05) is 18.7 Å². The molecule has 2 aromatic heterocycles. The van der Waals surface area contributed by atoms with E-state index in [1.165, 1.54) is 0 Å². The standard InChI is InChI=1S/C18H20N4O2S2/c1-5-25-18-20-11(2)16(26-18)14-8-9-19-17(22-14)21-13-7-6-12(23-3)10-15(13)24-4/h6-10H,5H2,1-4H3,(H,19,21,22). The SMILES string of the molecule is CCSc1nc(C)c(-c2ccnc(Nc3ccc(OC)cc3OC)n2)s1. The van der Waals surface area contributed by atoms with Gasteiger partial charge in [0, 0.05) is 12.3 Å². The van der Waals surface area contributed by atoms with Crippen LogP contribution in [0.15, 0.2) is 34.8 Å². The molecule has 0 atom stereocenters. The van der Waals surface area contributed by atoms with E-state index in [9.17, 15) is 0 Å². The number of hydrogen-bond acceptors (Lipinski definition) is 8. The fourth-order valence-electron chi connectivity index (χ4n) is 2.36. The predicted octanol–water partition coefficient (Wildman–Crippen LogP) is 4.78. The Labute approximate surface area is 161 Å². The molecule has 3 aromatic rings. The second-order valence-corrected chi connectivity index (χ2v) is 7.79. The first kappa shape index (κ1) is 18.5. The fourth-order valence-corrected chi connectivity index (χ4v) is 4.42. The molecule has 0 aliphatic carbocycles. The van der Waals surface area contributed by atoms with Gasteiger partial charge in [0.1, 0.15) is 11.5 Å². The molecule has 6 nitrogen and oxygen atoms in total. The van der Waals surface area contributed by atoms with E-state index in [-0.39, 0.29) is 0 Å². The lowest BCUT2D eigenvalue weighted by Crippen LogP contribution is -2.00. The lowest BCUT2D eigenvalue weighted by Gasteiger charge is -2.11. The molecule has 26 heavy (non-hydrogen) atoms. The number of nitrogens with zero attached hydrogens (tertiary/aromatic N) is 3. The van der Waals surface area contributed by atoms with Gasteiger partial charge in [0.05, 0.1) is 36.2 Å². The Balaban J connectivity index is 1.88. The summed E-state index contributed by atoms with van der Waals surface area (Å²) in [5.74, 6) is 2.89. The lowest BCUT2D eigenvalue weighted by atomic mass is 10.2. The normalized spacial score (nSPS) is 10.6. The Morgan fingerprint density at radius 1 is 1.15 bits per heavy atom. The van der Waals surface area contributed by atoms with E-state index in [1.54, 1.807) is 43.5 Å². The molecule has 0 aliphatic rings. The Kier molecular flexibility index (Phi) is 5.95. The zero-order chi connectivity index (χ0) is 18.5. The summed E-state index contributed by atoms with van der Waals surface area (Å²) >= 11 is 3.40. The Morgan fingerprint density at radius 2 is 2.00 bits per heavy atom. The van der Waals surface area contributed by atoms with Gasteiger partial charge in [-0.3, -0.25) is 0 Å². The van der Waals surface area contributed by atoms with E-state index in [2.05, 4.69) is 27.2 Å². The molecule has 0 bridgehead atoms. The van der Waals surface area contributed by atoms with Gasteiger partial charge in [0.25, 0.3) is 0 Å². The highest BCUT2D eigenvalue weighted by Crippen LogP contribution is 2.35. The Bertz CT molecular complexity index is 899. The number of rotatable bonds is 7. The largest absolute Gasteiger partial charge is 0.497 e. The van der Waals surface area contributed by atoms with Gasteiger partial charge in [-0.25, -0.2) is 15.0 Å². The van der Waals surface area contributed by atoms with Crippen molar-refractivity contribution < 1.29 is 9.47 Å². The molecule has 0 fully saturated rings. The summed E-state index contributed by atoms with van der Waals surface area (Å²) in [4.78, 5) is 14.6. The topological polar surface area (TPSA) is 69.2 Å². The first-order valence-corrected chi connectivity index (χ1v) is 9.87. The molecular formula is C18H20N4O2S2. The van der Waals surface area contributed by atoms with Gasteiger partial charge in [0.2, 0.25) is 5.95 Å². The minimum absolute atomic E-state index is 0.503. The van der Waals surface area contributed by atoms with Crippen molar-refractivity contribution in [2.24, 2.45) is 0 Å². The van der Waals surface area contributed by atoms with E-state index in [4.69, 9.17) is 9.47 Å². The maximum absolute atomic E-state index is 5.42. The van der Waals surface area contributed by atoms with Crippen LogP contribution < -0.4 is 14.8 Å². The van der Waals surface area contributed by atoms with Crippen molar-refractivity contribution in [3.8, 4) is 22.1 Å². The number of aromatic nitrogens is 3. The van der Waals surface area contributed by atoms with Gasteiger partial charge in [-0.15, -0.1) is 11.3 Å². The van der Waals surface area contributed by atoms with E-state index >= 15 is 0 Å². The zero-order valence-corrected chi connectivity index (χ0v) is 16.7. The second kappa shape index (κ2) is 8.37. The minimum Gasteiger partial charge on any atom is -0.497 e. The average molecular weight is 389 g/mol. The number of thioether (sulfide) groups is 1. The summed E-state index contributed by atoms with van der Waals surface area (Å²) in [6.45, 7) is 4.13. The number of benzene rings is 1. The molecule has 3 rings (SSSR count). The van der Waals surface area contributed by atoms with Crippen LogP contribution in [0.4, 0.5) is 11.6 Å². The van der Waals surface area contributed by atoms with Crippen LogP contribution in [-0.2, 0) is 0 Å². The van der Waals surface area contributed by atoms with Crippen LogP contribution in [-0.4, -0.2) is 34.9 Å². The third-order valence-corrected chi connectivity index (χ3v) is 5.79. The van der Waals surface area contributed by atoms with E-state index in [1.807, 2.05) is 31.2 Å². The summed E-state index contributed by atoms with van der Waals surface area (Å²) in [5, 5.41) is 3.21. The first-order valence-electron chi connectivity index (χ1n) is 8.07. The number of methoxy groups -OCH3 is 2. The van der Waals surface area contributed by atoms with Crippen molar-refractivity contribution >= 4 is 34.7 Å². The third kappa shape index (κ3) is 4.08. The highest BCUT2D eigenvalue weighted by Gasteiger charge is 2.13. The molecule has 0 aliphatic heterocycles. The smallest absolute Gasteiger partial charge is 0.227 e. The molecule has 0 saturated carbocycles. The van der Waals surface area contributed by atoms with E-state index < -0.39 is 0 Å². The predicted molar refractivity (Wildman–Crippen MR) is 107 cm³/mol. The monoisotopic (exact) mass is 388 g/mol.